The molecule has 27 heavy (non-hydrogen) atoms. The zero-order valence-corrected chi connectivity index (χ0v) is 16.4. The fraction of sp³-hybridized carbons (Fsp3) is 0.238. The van der Waals surface area contributed by atoms with Crippen LogP contribution in [0.1, 0.15) is 18.1 Å². The van der Waals surface area contributed by atoms with Gasteiger partial charge in [0.15, 0.2) is 11.7 Å². The lowest BCUT2D eigenvalue weighted by Crippen LogP contribution is -2.20. The van der Waals surface area contributed by atoms with Crippen molar-refractivity contribution in [3.8, 4) is 22.8 Å². The van der Waals surface area contributed by atoms with Crippen molar-refractivity contribution in [2.75, 3.05) is 18.5 Å². The highest BCUT2D eigenvalue weighted by Crippen LogP contribution is 2.32. The third-order valence-corrected chi connectivity index (χ3v) is 4.73. The molecule has 2 aromatic carbocycles. The van der Waals surface area contributed by atoms with Crippen LogP contribution < -0.4 is 14.8 Å². The molecule has 5 nitrogen and oxygen atoms in total. The maximum absolute atomic E-state index is 12.2. The number of benzene rings is 2. The average molecular weight is 382 g/mol. The third-order valence-electron chi connectivity index (χ3n) is 3.97. The van der Waals surface area contributed by atoms with Crippen molar-refractivity contribution in [3.05, 3.63) is 59.0 Å². The van der Waals surface area contributed by atoms with E-state index in [1.165, 1.54) is 11.3 Å². The zero-order chi connectivity index (χ0) is 19.2. The van der Waals surface area contributed by atoms with Crippen LogP contribution in [0.25, 0.3) is 11.3 Å². The molecule has 0 fully saturated rings. The van der Waals surface area contributed by atoms with Crippen LogP contribution in [0.3, 0.4) is 0 Å². The molecule has 0 aliphatic rings. The monoisotopic (exact) mass is 382 g/mol. The summed E-state index contributed by atoms with van der Waals surface area (Å²) in [5, 5.41) is 5.23. The van der Waals surface area contributed by atoms with Gasteiger partial charge in [0.2, 0.25) is 0 Å². The average Bonchev–Trinajstić information content (AvgIpc) is 3.10. The van der Waals surface area contributed by atoms with Crippen LogP contribution in [0.5, 0.6) is 11.5 Å². The number of ether oxygens (including phenoxy) is 2. The van der Waals surface area contributed by atoms with Crippen molar-refractivity contribution < 1.29 is 14.3 Å². The van der Waals surface area contributed by atoms with Crippen molar-refractivity contribution in [2.24, 2.45) is 0 Å². The van der Waals surface area contributed by atoms with E-state index < -0.39 is 0 Å². The second-order valence-corrected chi connectivity index (χ2v) is 6.88. The molecule has 0 saturated heterocycles. The van der Waals surface area contributed by atoms with Crippen LogP contribution in [-0.2, 0) is 4.79 Å². The summed E-state index contributed by atoms with van der Waals surface area (Å²) in [5.41, 5.74) is 3.69. The van der Waals surface area contributed by atoms with E-state index in [0.717, 1.165) is 33.9 Å². The molecule has 1 aromatic heterocycles. The summed E-state index contributed by atoms with van der Waals surface area (Å²) >= 11 is 1.37. The molecule has 1 N–H and O–H groups in total. The topological polar surface area (TPSA) is 60.5 Å². The summed E-state index contributed by atoms with van der Waals surface area (Å²) in [5.74, 6) is 1.29. The highest BCUT2D eigenvalue weighted by atomic mass is 32.1. The molecule has 0 aliphatic heterocycles. The van der Waals surface area contributed by atoms with Gasteiger partial charge in [0, 0.05) is 10.9 Å². The first-order valence-electron chi connectivity index (χ1n) is 8.75. The Bertz CT molecular complexity index is 916. The van der Waals surface area contributed by atoms with E-state index in [1.807, 2.05) is 68.6 Å². The summed E-state index contributed by atoms with van der Waals surface area (Å²) < 4.78 is 11.3. The molecule has 3 rings (SSSR count). The molecule has 6 heteroatoms. The van der Waals surface area contributed by atoms with Crippen molar-refractivity contribution in [3.63, 3.8) is 0 Å². The smallest absolute Gasteiger partial charge is 0.264 e. The maximum atomic E-state index is 12.2. The summed E-state index contributed by atoms with van der Waals surface area (Å²) in [7, 11) is 0. The fourth-order valence-corrected chi connectivity index (χ4v) is 3.46. The SMILES string of the molecule is CCOc1ccccc1-c1csc(NC(=O)COc2c(C)cccc2C)n1. The Balaban J connectivity index is 1.65. The fourth-order valence-electron chi connectivity index (χ4n) is 2.73. The molecule has 0 aliphatic carbocycles. The Kier molecular flexibility index (Phi) is 6.08. The summed E-state index contributed by atoms with van der Waals surface area (Å²) in [4.78, 5) is 16.7. The first-order chi connectivity index (χ1) is 13.1. The van der Waals surface area contributed by atoms with Crippen LogP contribution in [0.4, 0.5) is 5.13 Å². The Morgan fingerprint density at radius 1 is 1.07 bits per heavy atom. The highest BCUT2D eigenvalue weighted by Gasteiger charge is 2.12. The predicted octanol–water partition coefficient (Wildman–Crippen LogP) is 4.84. The number of amides is 1. The first kappa shape index (κ1) is 18.9. The van der Waals surface area contributed by atoms with Gasteiger partial charge in [-0.2, -0.15) is 0 Å². The lowest BCUT2D eigenvalue weighted by Gasteiger charge is -2.11. The van der Waals surface area contributed by atoms with Crippen LogP contribution >= 0.6 is 11.3 Å². The highest BCUT2D eigenvalue weighted by molar-refractivity contribution is 7.14. The third kappa shape index (κ3) is 4.65. The number of rotatable bonds is 7. The summed E-state index contributed by atoms with van der Waals surface area (Å²) in [6, 6.07) is 13.6. The first-order valence-corrected chi connectivity index (χ1v) is 9.63. The van der Waals surface area contributed by atoms with Gasteiger partial charge >= 0.3 is 0 Å². The van der Waals surface area contributed by atoms with Gasteiger partial charge in [-0.25, -0.2) is 4.98 Å². The number of carbonyl (C=O) groups excluding carboxylic acids is 1. The van der Waals surface area contributed by atoms with Crippen LogP contribution in [0, 0.1) is 13.8 Å². The molecule has 1 heterocycles. The number of hydrogen-bond donors (Lipinski definition) is 1. The molecule has 0 radical (unpaired) electrons. The predicted molar refractivity (Wildman–Crippen MR) is 109 cm³/mol. The van der Waals surface area contributed by atoms with Gasteiger partial charge in [0.1, 0.15) is 11.5 Å². The molecule has 0 atom stereocenters. The minimum Gasteiger partial charge on any atom is -0.493 e. The van der Waals surface area contributed by atoms with Gasteiger partial charge in [-0.05, 0) is 44.0 Å². The van der Waals surface area contributed by atoms with E-state index in [2.05, 4.69) is 10.3 Å². The lowest BCUT2D eigenvalue weighted by molar-refractivity contribution is -0.118. The number of thiazole rings is 1. The quantitative estimate of drug-likeness (QED) is 0.635. The number of aromatic nitrogens is 1. The number of nitrogens with zero attached hydrogens (tertiary/aromatic N) is 1. The molecule has 0 saturated carbocycles. The van der Waals surface area contributed by atoms with Gasteiger partial charge in [-0.15, -0.1) is 11.3 Å². The molecule has 140 valence electrons. The maximum Gasteiger partial charge on any atom is 0.264 e. The molecule has 0 unspecified atom stereocenters. The summed E-state index contributed by atoms with van der Waals surface area (Å²) in [6.45, 7) is 6.39. The standard InChI is InChI=1S/C21H22N2O3S/c1-4-25-18-11-6-5-10-16(18)17-13-27-21(22-17)23-19(24)12-26-20-14(2)8-7-9-15(20)3/h5-11,13H,4,12H2,1-3H3,(H,22,23,24). The van der Waals surface area contributed by atoms with E-state index in [9.17, 15) is 4.79 Å². The Hall–Kier alpha value is -2.86. The van der Waals surface area contributed by atoms with Crippen LogP contribution in [0.15, 0.2) is 47.8 Å². The molecule has 0 spiro atoms. The van der Waals surface area contributed by atoms with E-state index in [-0.39, 0.29) is 12.5 Å². The largest absolute Gasteiger partial charge is 0.493 e. The normalized spacial score (nSPS) is 10.5. The number of para-hydroxylation sites is 2. The second kappa shape index (κ2) is 8.68. The van der Waals surface area contributed by atoms with E-state index in [1.54, 1.807) is 0 Å². The molecular formula is C21H22N2O3S. The van der Waals surface area contributed by atoms with Crippen molar-refractivity contribution >= 4 is 22.4 Å². The van der Waals surface area contributed by atoms with Crippen molar-refractivity contribution in [1.82, 2.24) is 4.98 Å². The van der Waals surface area contributed by atoms with Crippen LogP contribution in [-0.4, -0.2) is 24.1 Å². The zero-order valence-electron chi connectivity index (χ0n) is 15.6. The number of anilines is 1. The van der Waals surface area contributed by atoms with Gasteiger partial charge in [-0.1, -0.05) is 30.3 Å². The molecular weight excluding hydrogens is 360 g/mol. The molecule has 0 bridgehead atoms. The van der Waals surface area contributed by atoms with Gasteiger partial charge < -0.3 is 9.47 Å². The van der Waals surface area contributed by atoms with E-state index in [0.29, 0.717) is 11.7 Å². The van der Waals surface area contributed by atoms with Crippen LogP contribution in [0.2, 0.25) is 0 Å². The van der Waals surface area contributed by atoms with E-state index in [4.69, 9.17) is 9.47 Å². The Morgan fingerprint density at radius 2 is 1.81 bits per heavy atom. The molecule has 3 aromatic rings. The van der Waals surface area contributed by atoms with Crippen molar-refractivity contribution in [2.45, 2.75) is 20.8 Å². The second-order valence-electron chi connectivity index (χ2n) is 6.02. The summed E-state index contributed by atoms with van der Waals surface area (Å²) in [6.07, 6.45) is 0. The lowest BCUT2D eigenvalue weighted by atomic mass is 10.1. The number of nitrogens with one attached hydrogen (secondary N) is 1. The number of hydrogen-bond acceptors (Lipinski definition) is 5. The van der Waals surface area contributed by atoms with Gasteiger partial charge in [-0.3, -0.25) is 10.1 Å². The minimum absolute atomic E-state index is 0.0594. The van der Waals surface area contributed by atoms with E-state index >= 15 is 0 Å². The number of carbonyl (C=O) groups is 1. The Morgan fingerprint density at radius 3 is 2.56 bits per heavy atom. The molecule has 1 amide bonds. The van der Waals surface area contributed by atoms with Gasteiger partial charge in [0.05, 0.1) is 12.3 Å². The van der Waals surface area contributed by atoms with Gasteiger partial charge in [0.25, 0.3) is 5.91 Å². The minimum atomic E-state index is -0.239. The number of aryl methyl sites for hydroxylation is 2. The Labute approximate surface area is 163 Å². The van der Waals surface area contributed by atoms with Crippen molar-refractivity contribution in [1.29, 1.82) is 0 Å².